The lowest BCUT2D eigenvalue weighted by molar-refractivity contribution is 0.321. The third-order valence-electron chi connectivity index (χ3n) is 4.20. The Morgan fingerprint density at radius 3 is 2.85 bits per heavy atom. The van der Waals surface area contributed by atoms with E-state index in [1.54, 1.807) is 13.2 Å². The Hall–Kier alpha value is -1.74. The van der Waals surface area contributed by atoms with Gasteiger partial charge >= 0.3 is 0 Å². The molecular weight excluding hydrogens is 477 g/mol. The summed E-state index contributed by atoms with van der Waals surface area (Å²) in [5.41, 5.74) is 0. The predicted octanol–water partition coefficient (Wildman–Crippen LogP) is 3.18. The Bertz CT molecular complexity index is 731. The van der Waals surface area contributed by atoms with E-state index in [9.17, 15) is 0 Å². The number of hydrogen-bond donors (Lipinski definition) is 2. The van der Waals surface area contributed by atoms with Gasteiger partial charge in [0.1, 0.15) is 18.2 Å². The van der Waals surface area contributed by atoms with Gasteiger partial charge in [0.05, 0.1) is 11.6 Å². The van der Waals surface area contributed by atoms with E-state index < -0.39 is 0 Å². The second kappa shape index (κ2) is 11.2. The summed E-state index contributed by atoms with van der Waals surface area (Å²) in [7, 11) is 1.77. The summed E-state index contributed by atoms with van der Waals surface area (Å²) in [6, 6.07) is 13.8. The molecule has 1 atom stereocenters. The van der Waals surface area contributed by atoms with Gasteiger partial charge in [0, 0.05) is 32.4 Å². The highest BCUT2D eigenvalue weighted by molar-refractivity contribution is 14.0. The molecule has 1 aromatic heterocycles. The maximum atomic E-state index is 6.25. The predicted molar refractivity (Wildman–Crippen MR) is 122 cm³/mol. The number of aromatic nitrogens is 1. The molecule has 8 heteroatoms. The fraction of sp³-hybridized carbons (Fsp3) is 0.368. The summed E-state index contributed by atoms with van der Waals surface area (Å²) in [4.78, 5) is 10.9. The van der Waals surface area contributed by atoms with Crippen LogP contribution in [0.15, 0.2) is 53.7 Å². The van der Waals surface area contributed by atoms with Crippen molar-refractivity contribution in [1.29, 1.82) is 0 Å². The van der Waals surface area contributed by atoms with Gasteiger partial charge in [0.15, 0.2) is 5.96 Å². The van der Waals surface area contributed by atoms with Crippen LogP contribution >= 0.6 is 35.6 Å². The molecule has 3 rings (SSSR count). The molecular formula is C19H25ClIN5O. The van der Waals surface area contributed by atoms with Crippen molar-refractivity contribution >= 4 is 47.4 Å². The second-order valence-corrected chi connectivity index (χ2v) is 6.45. The largest absolute Gasteiger partial charge is 0.492 e. The minimum absolute atomic E-state index is 0. The Morgan fingerprint density at radius 2 is 2.11 bits per heavy atom. The highest BCUT2D eigenvalue weighted by Crippen LogP contribution is 2.25. The molecule has 1 aliphatic heterocycles. The minimum atomic E-state index is 0. The van der Waals surface area contributed by atoms with Crippen LogP contribution in [0.1, 0.15) is 6.42 Å². The second-order valence-electron chi connectivity index (χ2n) is 6.05. The lowest BCUT2D eigenvalue weighted by Crippen LogP contribution is -2.45. The van der Waals surface area contributed by atoms with Crippen LogP contribution in [0.5, 0.6) is 5.75 Å². The molecule has 0 aliphatic carbocycles. The smallest absolute Gasteiger partial charge is 0.191 e. The third kappa shape index (κ3) is 6.42. The highest BCUT2D eigenvalue weighted by atomic mass is 127. The van der Waals surface area contributed by atoms with Gasteiger partial charge in [-0.2, -0.15) is 0 Å². The van der Waals surface area contributed by atoms with Crippen LogP contribution in [0.2, 0.25) is 5.02 Å². The fourth-order valence-corrected chi connectivity index (χ4v) is 3.16. The SMILES string of the molecule is CN=C(NCCOc1ccccc1)NC1CCN(c2ncccc2Cl)C1.I. The molecule has 0 amide bonds. The van der Waals surface area contributed by atoms with Gasteiger partial charge < -0.3 is 20.3 Å². The topological polar surface area (TPSA) is 61.8 Å². The Morgan fingerprint density at radius 1 is 1.30 bits per heavy atom. The lowest BCUT2D eigenvalue weighted by Gasteiger charge is -2.20. The first-order chi connectivity index (χ1) is 12.8. The Kier molecular flexibility index (Phi) is 8.93. The molecule has 2 N–H and O–H groups in total. The molecule has 2 aromatic rings. The molecule has 1 aliphatic rings. The van der Waals surface area contributed by atoms with Crippen LogP contribution in [-0.4, -0.2) is 50.3 Å². The quantitative estimate of drug-likeness (QED) is 0.276. The molecule has 0 spiro atoms. The zero-order valence-corrected chi connectivity index (χ0v) is 18.4. The first kappa shape index (κ1) is 21.6. The maximum absolute atomic E-state index is 6.25. The van der Waals surface area contributed by atoms with Crippen molar-refractivity contribution in [3.05, 3.63) is 53.7 Å². The number of aliphatic imine (C=N–C) groups is 1. The molecule has 1 aromatic carbocycles. The van der Waals surface area contributed by atoms with E-state index in [0.29, 0.717) is 24.2 Å². The van der Waals surface area contributed by atoms with Gasteiger partial charge in [-0.1, -0.05) is 29.8 Å². The summed E-state index contributed by atoms with van der Waals surface area (Å²) < 4.78 is 5.68. The van der Waals surface area contributed by atoms with E-state index in [1.165, 1.54) is 0 Å². The van der Waals surface area contributed by atoms with E-state index in [2.05, 4.69) is 25.5 Å². The summed E-state index contributed by atoms with van der Waals surface area (Å²) in [5, 5.41) is 7.43. The molecule has 0 saturated carbocycles. The molecule has 0 bridgehead atoms. The van der Waals surface area contributed by atoms with Crippen molar-refractivity contribution < 1.29 is 4.74 Å². The van der Waals surface area contributed by atoms with Crippen molar-refractivity contribution in [1.82, 2.24) is 15.6 Å². The Labute approximate surface area is 182 Å². The molecule has 1 unspecified atom stereocenters. The van der Waals surface area contributed by atoms with E-state index in [-0.39, 0.29) is 24.0 Å². The highest BCUT2D eigenvalue weighted by Gasteiger charge is 2.25. The fourth-order valence-electron chi connectivity index (χ4n) is 2.92. The normalized spacial score (nSPS) is 16.6. The molecule has 146 valence electrons. The number of guanidine groups is 1. The third-order valence-corrected chi connectivity index (χ3v) is 4.49. The number of ether oxygens (including phenoxy) is 1. The van der Waals surface area contributed by atoms with E-state index in [0.717, 1.165) is 37.0 Å². The summed E-state index contributed by atoms with van der Waals surface area (Å²) in [5.74, 6) is 2.49. The monoisotopic (exact) mass is 501 g/mol. The van der Waals surface area contributed by atoms with E-state index >= 15 is 0 Å². The van der Waals surface area contributed by atoms with Crippen LogP contribution in [0, 0.1) is 0 Å². The van der Waals surface area contributed by atoms with Crippen molar-refractivity contribution in [2.75, 3.05) is 38.2 Å². The number of para-hydroxylation sites is 1. The van der Waals surface area contributed by atoms with Crippen molar-refractivity contribution in [2.24, 2.45) is 4.99 Å². The first-order valence-corrected chi connectivity index (χ1v) is 9.14. The van der Waals surface area contributed by atoms with Crippen LogP contribution in [0.4, 0.5) is 5.82 Å². The summed E-state index contributed by atoms with van der Waals surface area (Å²) >= 11 is 6.25. The zero-order valence-electron chi connectivity index (χ0n) is 15.3. The number of pyridine rings is 1. The van der Waals surface area contributed by atoms with Crippen molar-refractivity contribution in [3.63, 3.8) is 0 Å². The van der Waals surface area contributed by atoms with Crippen molar-refractivity contribution in [3.8, 4) is 5.75 Å². The van der Waals surface area contributed by atoms with Gasteiger partial charge in [-0.3, -0.25) is 4.99 Å². The number of benzene rings is 1. The van der Waals surface area contributed by atoms with E-state index in [1.807, 2.05) is 42.5 Å². The number of rotatable bonds is 6. The maximum Gasteiger partial charge on any atom is 0.191 e. The number of anilines is 1. The van der Waals surface area contributed by atoms with Gasteiger partial charge in [0.25, 0.3) is 0 Å². The number of halogens is 2. The Balaban J connectivity index is 0.00000261. The first-order valence-electron chi connectivity index (χ1n) is 8.77. The van der Waals surface area contributed by atoms with Crippen LogP contribution in [0.25, 0.3) is 0 Å². The average molecular weight is 502 g/mol. The molecule has 2 heterocycles. The van der Waals surface area contributed by atoms with Crippen molar-refractivity contribution in [2.45, 2.75) is 12.5 Å². The summed E-state index contributed by atoms with van der Waals surface area (Å²) in [6.07, 6.45) is 2.78. The summed E-state index contributed by atoms with van der Waals surface area (Å²) in [6.45, 7) is 3.02. The van der Waals surface area contributed by atoms with Gasteiger partial charge in [-0.05, 0) is 30.7 Å². The average Bonchev–Trinajstić information content (AvgIpc) is 3.13. The molecule has 27 heavy (non-hydrogen) atoms. The standard InChI is InChI=1S/C19H24ClN5O.HI/c1-21-19(23-11-13-26-16-6-3-2-4-7-16)24-15-9-12-25(14-15)18-17(20)8-5-10-22-18;/h2-8,10,15H,9,11-14H2,1H3,(H2,21,23,24);1H. The number of nitrogens with zero attached hydrogens (tertiary/aromatic N) is 3. The molecule has 1 saturated heterocycles. The van der Waals surface area contributed by atoms with Crippen LogP contribution in [0.3, 0.4) is 0 Å². The van der Waals surface area contributed by atoms with Gasteiger partial charge in [-0.15, -0.1) is 24.0 Å². The van der Waals surface area contributed by atoms with Gasteiger partial charge in [0.2, 0.25) is 0 Å². The number of hydrogen-bond acceptors (Lipinski definition) is 4. The molecule has 0 radical (unpaired) electrons. The molecule has 6 nitrogen and oxygen atoms in total. The van der Waals surface area contributed by atoms with Gasteiger partial charge in [-0.25, -0.2) is 4.98 Å². The lowest BCUT2D eigenvalue weighted by atomic mass is 10.3. The zero-order chi connectivity index (χ0) is 18.2. The minimum Gasteiger partial charge on any atom is -0.492 e. The molecule has 1 fully saturated rings. The van der Waals surface area contributed by atoms with Crippen LogP contribution < -0.4 is 20.3 Å². The van der Waals surface area contributed by atoms with E-state index in [4.69, 9.17) is 16.3 Å². The number of nitrogens with one attached hydrogen (secondary N) is 2. The van der Waals surface area contributed by atoms with Crippen LogP contribution in [-0.2, 0) is 0 Å².